The molecule has 12 heavy (non-hydrogen) atoms. The van der Waals surface area contributed by atoms with E-state index >= 15 is 0 Å². The molecule has 0 aliphatic carbocycles. The number of rotatable bonds is 1. The molecule has 0 saturated carbocycles. The van der Waals surface area contributed by atoms with Gasteiger partial charge in [0.05, 0.1) is 11.9 Å². The molecule has 4 nitrogen and oxygen atoms in total. The van der Waals surface area contributed by atoms with Gasteiger partial charge in [-0.1, -0.05) is 6.07 Å². The van der Waals surface area contributed by atoms with E-state index in [9.17, 15) is 4.79 Å². The van der Waals surface area contributed by atoms with Crippen LogP contribution in [0.5, 0.6) is 0 Å². The van der Waals surface area contributed by atoms with Crippen LogP contribution >= 0.6 is 0 Å². The largest absolute Gasteiger partial charge is 0.383 e. The van der Waals surface area contributed by atoms with Crippen molar-refractivity contribution in [2.75, 3.05) is 5.73 Å². The molecule has 0 aliphatic heterocycles. The molecule has 0 aliphatic rings. The number of nitrogen functional groups attached to an aromatic ring is 1. The van der Waals surface area contributed by atoms with Crippen LogP contribution in [0.1, 0.15) is 10.5 Å². The lowest BCUT2D eigenvalue weighted by atomic mass is 10.3. The summed E-state index contributed by atoms with van der Waals surface area (Å²) in [5.74, 6) is 0.479. The van der Waals surface area contributed by atoms with E-state index < -0.39 is 0 Å². The molecule has 0 fully saturated rings. The molecule has 0 spiro atoms. The third-order valence-electron chi connectivity index (χ3n) is 1.71. The molecule has 60 valence electrons. The molecule has 0 amide bonds. The zero-order chi connectivity index (χ0) is 8.55. The quantitative estimate of drug-likeness (QED) is 0.627. The number of aldehydes is 1. The van der Waals surface area contributed by atoms with E-state index in [0.29, 0.717) is 17.2 Å². The second-order valence-electron chi connectivity index (χ2n) is 2.45. The number of carbonyl (C=O) groups excluding carboxylic acids is 1. The molecule has 2 aromatic heterocycles. The van der Waals surface area contributed by atoms with Crippen LogP contribution in [0.3, 0.4) is 0 Å². The molecule has 0 unspecified atom stereocenters. The number of hydrogen-bond acceptors (Lipinski definition) is 3. The van der Waals surface area contributed by atoms with E-state index in [2.05, 4.69) is 4.98 Å². The first kappa shape index (κ1) is 6.84. The smallest absolute Gasteiger partial charge is 0.166 e. The summed E-state index contributed by atoms with van der Waals surface area (Å²) in [4.78, 5) is 14.6. The summed E-state index contributed by atoms with van der Waals surface area (Å²) in [6.45, 7) is 0. The molecule has 0 aromatic carbocycles. The number of imidazole rings is 1. The molecular weight excluding hydrogens is 154 g/mol. The van der Waals surface area contributed by atoms with Gasteiger partial charge < -0.3 is 5.73 Å². The van der Waals surface area contributed by atoms with Crippen LogP contribution in [0.4, 0.5) is 5.82 Å². The third-order valence-corrected chi connectivity index (χ3v) is 1.71. The topological polar surface area (TPSA) is 60.4 Å². The summed E-state index contributed by atoms with van der Waals surface area (Å²) in [5, 5.41) is 0. The van der Waals surface area contributed by atoms with Crippen molar-refractivity contribution in [1.29, 1.82) is 0 Å². The van der Waals surface area contributed by atoms with Gasteiger partial charge in [-0.2, -0.15) is 0 Å². The van der Waals surface area contributed by atoms with Gasteiger partial charge in [0.25, 0.3) is 0 Å². The standard InChI is InChI=1S/C8H7N3O/c9-7-4-10-8-3-1-2-6(5-12)11(7)8/h1-5H,9H2. The maximum atomic E-state index is 10.6. The molecule has 2 aromatic rings. The maximum absolute atomic E-state index is 10.6. The zero-order valence-electron chi connectivity index (χ0n) is 6.27. The van der Waals surface area contributed by atoms with Gasteiger partial charge in [-0.05, 0) is 12.1 Å². The molecule has 0 bridgehead atoms. The van der Waals surface area contributed by atoms with Crippen LogP contribution in [-0.2, 0) is 0 Å². The molecular formula is C8H7N3O. The average molecular weight is 161 g/mol. The van der Waals surface area contributed by atoms with Gasteiger partial charge in [-0.3, -0.25) is 9.20 Å². The molecule has 2 N–H and O–H groups in total. The first-order chi connectivity index (χ1) is 5.83. The van der Waals surface area contributed by atoms with Gasteiger partial charge in [0, 0.05) is 0 Å². The van der Waals surface area contributed by atoms with E-state index in [-0.39, 0.29) is 0 Å². The van der Waals surface area contributed by atoms with Crippen LogP contribution in [0, 0.1) is 0 Å². The van der Waals surface area contributed by atoms with Gasteiger partial charge in [0.15, 0.2) is 6.29 Å². The maximum Gasteiger partial charge on any atom is 0.166 e. The highest BCUT2D eigenvalue weighted by atomic mass is 16.1. The summed E-state index contributed by atoms with van der Waals surface area (Å²) in [5.41, 5.74) is 6.80. The Balaban J connectivity index is 2.93. The summed E-state index contributed by atoms with van der Waals surface area (Å²) in [6.07, 6.45) is 2.29. The number of nitrogens with zero attached hydrogens (tertiary/aromatic N) is 2. The van der Waals surface area contributed by atoms with Crippen molar-refractivity contribution in [3.8, 4) is 0 Å². The predicted octanol–water partition coefficient (Wildman–Crippen LogP) is 0.729. The first-order valence-corrected chi connectivity index (χ1v) is 3.50. The third kappa shape index (κ3) is 0.780. The Kier molecular flexibility index (Phi) is 1.33. The van der Waals surface area contributed by atoms with Crippen molar-refractivity contribution in [3.63, 3.8) is 0 Å². The summed E-state index contributed by atoms with van der Waals surface area (Å²) >= 11 is 0. The van der Waals surface area contributed by atoms with E-state index in [0.717, 1.165) is 6.29 Å². The van der Waals surface area contributed by atoms with Gasteiger partial charge in [0.1, 0.15) is 11.5 Å². The number of nitrogens with two attached hydrogens (primary N) is 1. The van der Waals surface area contributed by atoms with Gasteiger partial charge >= 0.3 is 0 Å². The number of hydrogen-bond donors (Lipinski definition) is 1. The minimum absolute atomic E-state index is 0.479. The normalized spacial score (nSPS) is 10.3. The van der Waals surface area contributed by atoms with Crippen molar-refractivity contribution in [2.24, 2.45) is 0 Å². The minimum Gasteiger partial charge on any atom is -0.383 e. The van der Waals surface area contributed by atoms with Crippen LogP contribution in [0.15, 0.2) is 24.4 Å². The van der Waals surface area contributed by atoms with Crippen LogP contribution in [-0.4, -0.2) is 15.7 Å². The Morgan fingerprint density at radius 3 is 3.08 bits per heavy atom. The molecule has 0 atom stereocenters. The number of aromatic nitrogens is 2. The van der Waals surface area contributed by atoms with E-state index in [4.69, 9.17) is 5.73 Å². The minimum atomic E-state index is 0.479. The lowest BCUT2D eigenvalue weighted by Crippen LogP contribution is -1.98. The number of anilines is 1. The summed E-state index contributed by atoms with van der Waals surface area (Å²) in [7, 11) is 0. The Morgan fingerprint density at radius 2 is 2.33 bits per heavy atom. The Hall–Kier alpha value is -1.84. The van der Waals surface area contributed by atoms with Gasteiger partial charge in [0.2, 0.25) is 0 Å². The monoisotopic (exact) mass is 161 g/mol. The highest BCUT2D eigenvalue weighted by Crippen LogP contribution is 2.10. The zero-order valence-corrected chi connectivity index (χ0v) is 6.27. The van der Waals surface area contributed by atoms with Gasteiger partial charge in [-0.15, -0.1) is 0 Å². The second-order valence-corrected chi connectivity index (χ2v) is 2.45. The van der Waals surface area contributed by atoms with Crippen LogP contribution < -0.4 is 5.73 Å². The number of carbonyl (C=O) groups is 1. The average Bonchev–Trinajstić information content (AvgIpc) is 2.48. The van der Waals surface area contributed by atoms with Gasteiger partial charge in [-0.25, -0.2) is 4.98 Å². The van der Waals surface area contributed by atoms with Crippen LogP contribution in [0.25, 0.3) is 5.65 Å². The van der Waals surface area contributed by atoms with Crippen molar-refractivity contribution in [1.82, 2.24) is 9.38 Å². The highest BCUT2D eigenvalue weighted by Gasteiger charge is 2.02. The lowest BCUT2D eigenvalue weighted by molar-refractivity contribution is 0.111. The Morgan fingerprint density at radius 1 is 1.50 bits per heavy atom. The van der Waals surface area contributed by atoms with Crippen molar-refractivity contribution in [3.05, 3.63) is 30.1 Å². The van der Waals surface area contributed by atoms with Crippen molar-refractivity contribution < 1.29 is 4.79 Å². The summed E-state index contributed by atoms with van der Waals surface area (Å²) < 4.78 is 1.60. The fraction of sp³-hybridized carbons (Fsp3) is 0. The molecule has 0 saturated heterocycles. The predicted molar refractivity (Wildman–Crippen MR) is 45.0 cm³/mol. The van der Waals surface area contributed by atoms with E-state index in [1.54, 1.807) is 22.6 Å². The van der Waals surface area contributed by atoms with Crippen LogP contribution in [0.2, 0.25) is 0 Å². The fourth-order valence-electron chi connectivity index (χ4n) is 1.18. The van der Waals surface area contributed by atoms with E-state index in [1.807, 2.05) is 0 Å². The summed E-state index contributed by atoms with van der Waals surface area (Å²) in [6, 6.07) is 5.26. The molecule has 2 rings (SSSR count). The Labute approximate surface area is 68.6 Å². The van der Waals surface area contributed by atoms with E-state index in [1.165, 1.54) is 6.20 Å². The molecule has 0 radical (unpaired) electrons. The molecule has 2 heterocycles. The van der Waals surface area contributed by atoms with Crippen molar-refractivity contribution >= 4 is 17.8 Å². The first-order valence-electron chi connectivity index (χ1n) is 3.50. The lowest BCUT2D eigenvalue weighted by Gasteiger charge is -1.98. The SMILES string of the molecule is Nc1cnc2cccc(C=O)n12. The van der Waals surface area contributed by atoms with Crippen molar-refractivity contribution in [2.45, 2.75) is 0 Å². The molecule has 4 heteroatoms. The number of pyridine rings is 1. The Bertz CT molecular complexity index is 433. The second kappa shape index (κ2) is 2.34. The fourth-order valence-corrected chi connectivity index (χ4v) is 1.18. The highest BCUT2D eigenvalue weighted by molar-refractivity contribution is 5.75. The number of fused-ring (bicyclic) bond motifs is 1.